The van der Waals surface area contributed by atoms with Crippen molar-refractivity contribution < 1.29 is 0 Å². The molecule has 0 saturated carbocycles. The Morgan fingerprint density at radius 3 is 3.00 bits per heavy atom. The van der Waals surface area contributed by atoms with Gasteiger partial charge in [-0.2, -0.15) is 9.61 Å². The standard InChI is InChI=1S/C13H15N5S/c1-3-10-6-15-13(19-10)7-14-11-4-9(2)5-12-16-8-17-18(11)12/h4-6,8,14H,3,7H2,1-2H3. The third kappa shape index (κ3) is 2.44. The first-order valence-corrected chi connectivity index (χ1v) is 7.05. The topological polar surface area (TPSA) is 55.1 Å². The quantitative estimate of drug-likeness (QED) is 0.794. The molecule has 3 aromatic rings. The highest BCUT2D eigenvalue weighted by Gasteiger charge is 2.05. The minimum Gasteiger partial charge on any atom is -0.363 e. The summed E-state index contributed by atoms with van der Waals surface area (Å²) in [6.07, 6.45) is 4.55. The van der Waals surface area contributed by atoms with Crippen LogP contribution in [0.2, 0.25) is 0 Å². The molecule has 19 heavy (non-hydrogen) atoms. The van der Waals surface area contributed by atoms with Crippen molar-refractivity contribution in [3.63, 3.8) is 0 Å². The lowest BCUT2D eigenvalue weighted by molar-refractivity contribution is 0.938. The number of aryl methyl sites for hydroxylation is 2. The van der Waals surface area contributed by atoms with Gasteiger partial charge < -0.3 is 5.32 Å². The molecule has 0 fully saturated rings. The highest BCUT2D eigenvalue weighted by atomic mass is 32.1. The highest BCUT2D eigenvalue weighted by molar-refractivity contribution is 7.11. The van der Waals surface area contributed by atoms with Gasteiger partial charge in [0.1, 0.15) is 17.2 Å². The Balaban J connectivity index is 1.83. The van der Waals surface area contributed by atoms with Crippen LogP contribution in [0.25, 0.3) is 5.65 Å². The lowest BCUT2D eigenvalue weighted by atomic mass is 10.3. The van der Waals surface area contributed by atoms with E-state index in [1.807, 2.05) is 12.3 Å². The van der Waals surface area contributed by atoms with Crippen LogP contribution in [-0.2, 0) is 13.0 Å². The van der Waals surface area contributed by atoms with Crippen molar-refractivity contribution in [3.8, 4) is 0 Å². The predicted octanol–water partition coefficient (Wildman–Crippen LogP) is 2.67. The fourth-order valence-corrected chi connectivity index (χ4v) is 2.74. The summed E-state index contributed by atoms with van der Waals surface area (Å²) in [5, 5.41) is 8.69. The predicted molar refractivity (Wildman–Crippen MR) is 76.5 cm³/mol. The summed E-state index contributed by atoms with van der Waals surface area (Å²) >= 11 is 1.74. The van der Waals surface area contributed by atoms with Crippen LogP contribution >= 0.6 is 11.3 Å². The molecule has 0 amide bonds. The molecule has 0 atom stereocenters. The third-order valence-corrected chi connectivity index (χ3v) is 4.04. The van der Waals surface area contributed by atoms with Crippen LogP contribution in [0.1, 0.15) is 22.4 Å². The Morgan fingerprint density at radius 1 is 1.32 bits per heavy atom. The molecule has 6 heteroatoms. The monoisotopic (exact) mass is 273 g/mol. The van der Waals surface area contributed by atoms with Crippen molar-refractivity contribution >= 4 is 22.8 Å². The molecular weight excluding hydrogens is 258 g/mol. The van der Waals surface area contributed by atoms with Crippen molar-refractivity contribution in [3.05, 3.63) is 40.1 Å². The van der Waals surface area contributed by atoms with Crippen molar-refractivity contribution in [1.29, 1.82) is 0 Å². The van der Waals surface area contributed by atoms with Crippen LogP contribution in [-0.4, -0.2) is 19.6 Å². The van der Waals surface area contributed by atoms with Crippen LogP contribution < -0.4 is 5.32 Å². The van der Waals surface area contributed by atoms with Gasteiger partial charge in [-0.3, -0.25) is 0 Å². The van der Waals surface area contributed by atoms with E-state index in [0.29, 0.717) is 6.54 Å². The first-order chi connectivity index (χ1) is 9.26. The fourth-order valence-electron chi connectivity index (χ4n) is 1.94. The van der Waals surface area contributed by atoms with Gasteiger partial charge in [0.05, 0.1) is 6.54 Å². The van der Waals surface area contributed by atoms with E-state index < -0.39 is 0 Å². The van der Waals surface area contributed by atoms with Crippen molar-refractivity contribution in [1.82, 2.24) is 19.6 Å². The normalized spacial score (nSPS) is 11.1. The maximum absolute atomic E-state index is 4.40. The van der Waals surface area contributed by atoms with E-state index in [-0.39, 0.29) is 0 Å². The summed E-state index contributed by atoms with van der Waals surface area (Å²) in [5.41, 5.74) is 2.02. The minimum atomic E-state index is 0.711. The summed E-state index contributed by atoms with van der Waals surface area (Å²) < 4.78 is 1.81. The average molecular weight is 273 g/mol. The summed E-state index contributed by atoms with van der Waals surface area (Å²) in [6.45, 7) is 4.91. The SMILES string of the molecule is CCc1cnc(CNc2cc(C)cc3ncnn23)s1. The summed E-state index contributed by atoms with van der Waals surface area (Å²) in [4.78, 5) is 9.93. The Morgan fingerprint density at radius 2 is 2.21 bits per heavy atom. The molecule has 0 aliphatic heterocycles. The molecule has 0 spiro atoms. The Labute approximate surface area is 115 Å². The number of nitrogens with zero attached hydrogens (tertiary/aromatic N) is 4. The van der Waals surface area contributed by atoms with E-state index in [4.69, 9.17) is 0 Å². The third-order valence-electron chi connectivity index (χ3n) is 2.89. The second-order valence-electron chi connectivity index (χ2n) is 4.38. The van der Waals surface area contributed by atoms with E-state index in [9.17, 15) is 0 Å². The van der Waals surface area contributed by atoms with E-state index >= 15 is 0 Å². The van der Waals surface area contributed by atoms with Gasteiger partial charge in [0.25, 0.3) is 0 Å². The smallest absolute Gasteiger partial charge is 0.157 e. The second-order valence-corrected chi connectivity index (χ2v) is 5.58. The zero-order valence-corrected chi connectivity index (χ0v) is 11.7. The van der Waals surface area contributed by atoms with Crippen molar-refractivity contribution in [2.45, 2.75) is 26.8 Å². The molecule has 0 bridgehead atoms. The van der Waals surface area contributed by atoms with Crippen molar-refractivity contribution in [2.24, 2.45) is 0 Å². The molecule has 5 nitrogen and oxygen atoms in total. The lowest BCUT2D eigenvalue weighted by Gasteiger charge is -2.07. The molecule has 98 valence electrons. The molecule has 3 aromatic heterocycles. The number of pyridine rings is 1. The molecule has 1 N–H and O–H groups in total. The number of hydrogen-bond acceptors (Lipinski definition) is 5. The second kappa shape index (κ2) is 4.97. The number of nitrogens with one attached hydrogen (secondary N) is 1. The summed E-state index contributed by atoms with van der Waals surface area (Å²) in [6, 6.07) is 4.08. The Hall–Kier alpha value is -1.95. The zero-order chi connectivity index (χ0) is 13.2. The largest absolute Gasteiger partial charge is 0.363 e. The fraction of sp³-hybridized carbons (Fsp3) is 0.308. The first kappa shape index (κ1) is 12.1. The van der Waals surface area contributed by atoms with Gasteiger partial charge in [-0.25, -0.2) is 9.97 Å². The lowest BCUT2D eigenvalue weighted by Crippen LogP contribution is -2.05. The van der Waals surface area contributed by atoms with Crippen LogP contribution in [0.15, 0.2) is 24.7 Å². The molecule has 0 aliphatic rings. The van der Waals surface area contributed by atoms with Crippen LogP contribution in [0.3, 0.4) is 0 Å². The average Bonchev–Trinajstić information content (AvgIpc) is 3.03. The molecule has 3 heterocycles. The van der Waals surface area contributed by atoms with E-state index in [2.05, 4.69) is 40.3 Å². The van der Waals surface area contributed by atoms with Gasteiger partial charge in [-0.05, 0) is 31.0 Å². The molecule has 0 saturated heterocycles. The van der Waals surface area contributed by atoms with Gasteiger partial charge in [0.15, 0.2) is 5.65 Å². The van der Waals surface area contributed by atoms with Gasteiger partial charge in [-0.1, -0.05) is 6.92 Å². The Bertz CT molecular complexity index is 700. The van der Waals surface area contributed by atoms with E-state index in [1.165, 1.54) is 4.88 Å². The molecular formula is C13H15N5S. The van der Waals surface area contributed by atoms with Gasteiger partial charge in [0.2, 0.25) is 0 Å². The number of aromatic nitrogens is 4. The number of hydrogen-bond donors (Lipinski definition) is 1. The summed E-state index contributed by atoms with van der Waals surface area (Å²) in [5.74, 6) is 0.945. The van der Waals surface area contributed by atoms with Gasteiger partial charge >= 0.3 is 0 Å². The van der Waals surface area contributed by atoms with Crippen molar-refractivity contribution in [2.75, 3.05) is 5.32 Å². The van der Waals surface area contributed by atoms with Crippen LogP contribution in [0.4, 0.5) is 5.82 Å². The molecule has 0 aromatic carbocycles. The number of fused-ring (bicyclic) bond motifs is 1. The van der Waals surface area contributed by atoms with E-state index in [1.54, 1.807) is 22.2 Å². The first-order valence-electron chi connectivity index (χ1n) is 6.24. The van der Waals surface area contributed by atoms with E-state index in [0.717, 1.165) is 28.5 Å². The number of anilines is 1. The van der Waals surface area contributed by atoms with Crippen LogP contribution in [0, 0.1) is 6.92 Å². The molecule has 3 rings (SSSR count). The number of rotatable bonds is 4. The molecule has 0 aliphatic carbocycles. The van der Waals surface area contributed by atoms with Gasteiger partial charge in [-0.15, -0.1) is 11.3 Å². The molecule has 0 unspecified atom stereocenters. The van der Waals surface area contributed by atoms with Crippen LogP contribution in [0.5, 0.6) is 0 Å². The molecule has 0 radical (unpaired) electrons. The minimum absolute atomic E-state index is 0.711. The maximum atomic E-state index is 4.40. The summed E-state index contributed by atoms with van der Waals surface area (Å²) in [7, 11) is 0. The Kier molecular flexibility index (Phi) is 3.16. The zero-order valence-electron chi connectivity index (χ0n) is 10.9. The number of thiazole rings is 1. The van der Waals surface area contributed by atoms with Gasteiger partial charge in [0, 0.05) is 11.1 Å². The maximum Gasteiger partial charge on any atom is 0.157 e. The highest BCUT2D eigenvalue weighted by Crippen LogP contribution is 2.17.